The number of hydrogen-bond donors (Lipinski definition) is 2. The number of carbonyl (C=O) groups is 1. The fraction of sp³-hybridized carbons (Fsp3) is 0.531. The third kappa shape index (κ3) is 5.37. The lowest BCUT2D eigenvalue weighted by Crippen LogP contribution is -2.49. The van der Waals surface area contributed by atoms with Crippen molar-refractivity contribution in [3.8, 4) is 6.07 Å². The Balaban J connectivity index is 1.42. The summed E-state index contributed by atoms with van der Waals surface area (Å²) in [6.45, 7) is 5.37. The molecule has 226 valence electrons. The number of pyridine rings is 1. The van der Waals surface area contributed by atoms with Crippen molar-refractivity contribution >= 4 is 22.8 Å². The number of nitrogens with zero attached hydrogens (tertiary/aromatic N) is 5. The lowest BCUT2D eigenvalue weighted by atomic mass is 9.85. The summed E-state index contributed by atoms with van der Waals surface area (Å²) in [4.78, 5) is 37.5. The highest BCUT2D eigenvalue weighted by atomic mass is 19.3. The molecule has 1 aliphatic carbocycles. The zero-order chi connectivity index (χ0) is 30.4. The molecule has 1 amide bonds. The second-order valence-corrected chi connectivity index (χ2v) is 12.3. The van der Waals surface area contributed by atoms with E-state index in [1.54, 1.807) is 22.8 Å². The normalized spacial score (nSPS) is 27.0. The Labute approximate surface area is 249 Å². The zero-order valence-corrected chi connectivity index (χ0v) is 24.6. The molecule has 2 atom stereocenters. The van der Waals surface area contributed by atoms with E-state index in [4.69, 9.17) is 0 Å². The number of carbonyl (C=O) groups excluding carboxylic acids is 1. The van der Waals surface area contributed by atoms with Crippen molar-refractivity contribution in [2.24, 2.45) is 5.92 Å². The first-order valence-electron chi connectivity index (χ1n) is 15.2. The van der Waals surface area contributed by atoms with Crippen LogP contribution in [0.3, 0.4) is 0 Å². The van der Waals surface area contributed by atoms with E-state index in [1.807, 2.05) is 24.8 Å². The van der Waals surface area contributed by atoms with Crippen LogP contribution >= 0.6 is 0 Å². The Hall–Kier alpha value is -3.91. The maximum atomic E-state index is 15.9. The number of anilines is 1. The van der Waals surface area contributed by atoms with E-state index in [9.17, 15) is 14.9 Å². The standard InChI is InChI=1S/C32H37F2N7O2/c1-20-22-6-5-7-24(16-22)32(33,34)23-8-14-40(15-9-23)21(2)29(42)36-12-3-4-13-41-28-25(27(39-20)37-19-38-28)17-26(30(41)43)31(18-35)10-11-31/h5-7,16-17,19-21,23H,3-4,8-15H2,1-2H3,(H,36,42)(H,37,38,39)/t20-,21?/m1/s1. The number of nitriles is 1. The molecule has 3 aromatic rings. The van der Waals surface area contributed by atoms with Gasteiger partial charge in [-0.05, 0) is 83.2 Å². The van der Waals surface area contributed by atoms with Gasteiger partial charge in [-0.15, -0.1) is 0 Å². The third-order valence-corrected chi connectivity index (χ3v) is 9.56. The maximum Gasteiger partial charge on any atom is 0.276 e. The van der Waals surface area contributed by atoms with Crippen molar-refractivity contribution < 1.29 is 13.6 Å². The van der Waals surface area contributed by atoms with Crippen molar-refractivity contribution in [3.05, 3.63) is 63.7 Å². The molecule has 1 saturated heterocycles. The number of benzene rings is 1. The van der Waals surface area contributed by atoms with Crippen LogP contribution in [0.25, 0.3) is 11.0 Å². The van der Waals surface area contributed by atoms with Crippen molar-refractivity contribution in [2.45, 2.75) is 82.3 Å². The smallest absolute Gasteiger partial charge is 0.276 e. The highest BCUT2D eigenvalue weighted by Gasteiger charge is 2.47. The highest BCUT2D eigenvalue weighted by molar-refractivity contribution is 5.87. The summed E-state index contributed by atoms with van der Waals surface area (Å²) in [7, 11) is 0. The van der Waals surface area contributed by atoms with Crippen molar-refractivity contribution in [1.82, 2.24) is 24.8 Å². The minimum Gasteiger partial charge on any atom is -0.363 e. The van der Waals surface area contributed by atoms with E-state index in [0.29, 0.717) is 92.7 Å². The average Bonchev–Trinajstić information content (AvgIpc) is 3.82. The molecule has 0 radical (unpaired) electrons. The Bertz CT molecular complexity index is 1640. The van der Waals surface area contributed by atoms with Crippen molar-refractivity contribution in [1.29, 1.82) is 5.26 Å². The Kier molecular flexibility index (Phi) is 7.67. The summed E-state index contributed by atoms with van der Waals surface area (Å²) in [5.74, 6) is -3.50. The summed E-state index contributed by atoms with van der Waals surface area (Å²) in [6, 6.07) is 9.78. The topological polar surface area (TPSA) is 116 Å². The van der Waals surface area contributed by atoms with Gasteiger partial charge >= 0.3 is 0 Å². The predicted molar refractivity (Wildman–Crippen MR) is 159 cm³/mol. The second kappa shape index (κ2) is 11.3. The molecule has 2 N–H and O–H groups in total. The predicted octanol–water partition coefficient (Wildman–Crippen LogP) is 4.62. The van der Waals surface area contributed by atoms with E-state index < -0.39 is 23.3 Å². The van der Waals surface area contributed by atoms with Crippen LogP contribution in [-0.4, -0.2) is 51.0 Å². The largest absolute Gasteiger partial charge is 0.363 e. The molecule has 2 aromatic heterocycles. The van der Waals surface area contributed by atoms with Crippen molar-refractivity contribution in [2.75, 3.05) is 25.0 Å². The minimum atomic E-state index is -3.02. The SMILES string of the molecule is CC1C(=O)NCCCCn2c(=O)c(C3(C#N)CC3)cc3c(ncnc32)N[C@H](C)c2cccc(c2)C(F)(F)C2CCN1CC2. The van der Waals surface area contributed by atoms with E-state index in [-0.39, 0.29) is 23.1 Å². The van der Waals surface area contributed by atoms with E-state index >= 15 is 8.78 Å². The van der Waals surface area contributed by atoms with Crippen LogP contribution < -0.4 is 16.2 Å². The first kappa shape index (κ1) is 29.2. The molecule has 9 nitrogen and oxygen atoms in total. The van der Waals surface area contributed by atoms with Gasteiger partial charge in [-0.1, -0.05) is 18.2 Å². The number of aryl methyl sites for hydroxylation is 1. The molecule has 5 heterocycles. The number of aromatic nitrogens is 3. The molecule has 0 spiro atoms. The fourth-order valence-corrected chi connectivity index (χ4v) is 6.52. The van der Waals surface area contributed by atoms with Crippen molar-refractivity contribution in [3.63, 3.8) is 0 Å². The number of nitrogens with one attached hydrogen (secondary N) is 2. The van der Waals surface area contributed by atoms with Crippen LogP contribution in [-0.2, 0) is 22.7 Å². The summed E-state index contributed by atoms with van der Waals surface area (Å²) in [5.41, 5.74) is 0.472. The van der Waals surface area contributed by atoms with Gasteiger partial charge in [-0.25, -0.2) is 18.7 Å². The Morgan fingerprint density at radius 3 is 2.53 bits per heavy atom. The van der Waals surface area contributed by atoms with Crippen LogP contribution in [0.1, 0.15) is 75.1 Å². The van der Waals surface area contributed by atoms with Crippen LogP contribution in [0.15, 0.2) is 41.5 Å². The van der Waals surface area contributed by atoms with Gasteiger partial charge in [0.25, 0.3) is 11.5 Å². The first-order valence-corrected chi connectivity index (χ1v) is 15.2. The summed E-state index contributed by atoms with van der Waals surface area (Å²) < 4.78 is 33.3. The van der Waals surface area contributed by atoms with E-state index in [2.05, 4.69) is 26.7 Å². The van der Waals surface area contributed by atoms with Gasteiger partial charge in [0.05, 0.1) is 22.9 Å². The number of rotatable bonds is 1. The summed E-state index contributed by atoms with van der Waals surface area (Å²) in [6.07, 6.45) is 4.47. The van der Waals surface area contributed by atoms with Gasteiger partial charge in [0.15, 0.2) is 0 Å². The molecule has 11 heteroatoms. The first-order chi connectivity index (χ1) is 20.6. The molecule has 1 unspecified atom stereocenters. The second-order valence-electron chi connectivity index (χ2n) is 12.3. The lowest BCUT2D eigenvalue weighted by molar-refractivity contribution is -0.128. The number of alkyl halides is 2. The lowest BCUT2D eigenvalue weighted by Gasteiger charge is -2.38. The summed E-state index contributed by atoms with van der Waals surface area (Å²) >= 11 is 0. The van der Waals surface area contributed by atoms with Gasteiger partial charge in [0.1, 0.15) is 17.8 Å². The molecule has 8 bridgehead atoms. The number of halogens is 2. The summed E-state index contributed by atoms with van der Waals surface area (Å²) in [5, 5.41) is 16.9. The molecule has 4 aliphatic rings. The molecule has 1 aromatic carbocycles. The average molecular weight is 590 g/mol. The number of piperidine rings is 1. The Morgan fingerprint density at radius 1 is 1.05 bits per heavy atom. The molecule has 7 rings (SSSR count). The zero-order valence-electron chi connectivity index (χ0n) is 24.6. The quantitative estimate of drug-likeness (QED) is 0.426. The van der Waals surface area contributed by atoms with Crippen LogP contribution in [0.4, 0.5) is 14.6 Å². The van der Waals surface area contributed by atoms with Gasteiger partial charge in [0, 0.05) is 36.2 Å². The Morgan fingerprint density at radius 2 is 1.81 bits per heavy atom. The molecule has 3 aliphatic heterocycles. The van der Waals surface area contributed by atoms with Gasteiger partial charge in [0.2, 0.25) is 5.91 Å². The number of amides is 1. The van der Waals surface area contributed by atoms with E-state index in [0.717, 1.165) is 0 Å². The third-order valence-electron chi connectivity index (χ3n) is 9.56. The maximum absolute atomic E-state index is 15.9. The highest BCUT2D eigenvalue weighted by Crippen LogP contribution is 2.47. The minimum absolute atomic E-state index is 0.0258. The van der Waals surface area contributed by atoms with Crippen LogP contribution in [0.2, 0.25) is 0 Å². The van der Waals surface area contributed by atoms with Gasteiger partial charge in [-0.3, -0.25) is 19.1 Å². The molecule has 1 saturated carbocycles. The molecule has 43 heavy (non-hydrogen) atoms. The number of fused-ring (bicyclic) bond motifs is 9. The molecular weight excluding hydrogens is 552 g/mol. The van der Waals surface area contributed by atoms with Gasteiger partial charge in [-0.2, -0.15) is 5.26 Å². The molecule has 2 fully saturated rings. The van der Waals surface area contributed by atoms with Gasteiger partial charge < -0.3 is 10.6 Å². The van der Waals surface area contributed by atoms with Crippen LogP contribution in [0, 0.1) is 17.2 Å². The number of hydrogen-bond acceptors (Lipinski definition) is 7. The van der Waals surface area contributed by atoms with Crippen LogP contribution in [0.5, 0.6) is 0 Å². The van der Waals surface area contributed by atoms with E-state index in [1.165, 1.54) is 12.4 Å². The monoisotopic (exact) mass is 589 g/mol. The molecular formula is C32H37F2N7O2. The fourth-order valence-electron chi connectivity index (χ4n) is 6.52.